The molecule has 0 amide bonds. The first-order valence-electron chi connectivity index (χ1n) is 12.3. The summed E-state index contributed by atoms with van der Waals surface area (Å²) in [6.45, 7) is 26.6. The van der Waals surface area contributed by atoms with Crippen molar-refractivity contribution >= 4 is 27.0 Å². The van der Waals surface area contributed by atoms with Crippen molar-refractivity contribution in [2.75, 3.05) is 0 Å². The molecule has 0 nitrogen and oxygen atoms in total. The van der Waals surface area contributed by atoms with Crippen LogP contribution in [0.2, 0.25) is 0 Å². The Bertz CT molecular complexity index is 904. The minimum Gasteiger partial charge on any atom is -0.110 e. The predicted octanol–water partition coefficient (Wildman–Crippen LogP) is 9.14. The average molecular weight is 453 g/mol. The molecule has 2 rings (SSSR count). The molecule has 0 aromatic heterocycles. The van der Waals surface area contributed by atoms with Gasteiger partial charge < -0.3 is 0 Å². The lowest BCUT2D eigenvalue weighted by molar-refractivity contribution is 1.02. The standard InChI is InChI=1S/C17H21P.C10H16.2C2H6/c1-4-12(2)17-11-15(9-8-13(17)3)14-6-5-7-16(18)10-14;1-5-7-8-10(6-2)9(3)4;2*1-2/h6,8-11H,3-5,7,18H2,1-2H3;6-8H,3,5H2,1-2,4H3;2*1-2H3/b17-12+;8-7-,10-6+;;. The van der Waals surface area contributed by atoms with Crippen molar-refractivity contribution < 1.29 is 0 Å². The van der Waals surface area contributed by atoms with Gasteiger partial charge in [-0.3, -0.25) is 0 Å². The van der Waals surface area contributed by atoms with Crippen LogP contribution in [0.25, 0.3) is 17.7 Å². The van der Waals surface area contributed by atoms with Crippen LogP contribution < -0.4 is 10.4 Å². The summed E-state index contributed by atoms with van der Waals surface area (Å²) in [5.74, 6) is 0. The van der Waals surface area contributed by atoms with E-state index < -0.39 is 0 Å². The van der Waals surface area contributed by atoms with E-state index in [1.165, 1.54) is 32.8 Å². The van der Waals surface area contributed by atoms with Crippen molar-refractivity contribution in [2.24, 2.45) is 0 Å². The second-order valence-corrected chi connectivity index (χ2v) is 8.00. The number of rotatable bonds is 5. The second-order valence-electron chi connectivity index (χ2n) is 7.26. The van der Waals surface area contributed by atoms with Crippen molar-refractivity contribution in [3.05, 3.63) is 87.6 Å². The van der Waals surface area contributed by atoms with Gasteiger partial charge in [-0.25, -0.2) is 0 Å². The molecule has 178 valence electrons. The summed E-state index contributed by atoms with van der Waals surface area (Å²) in [7, 11) is 2.83. The Balaban J connectivity index is 0. The Hall–Kier alpha value is -1.91. The third kappa shape index (κ3) is 12.2. The van der Waals surface area contributed by atoms with Crippen LogP contribution in [0.15, 0.2) is 71.6 Å². The molecular weight excluding hydrogens is 403 g/mol. The van der Waals surface area contributed by atoms with Gasteiger partial charge >= 0.3 is 0 Å². The molecule has 0 heterocycles. The molecule has 1 aliphatic rings. The van der Waals surface area contributed by atoms with Crippen LogP contribution in [0.1, 0.15) is 93.6 Å². The first kappa shape index (κ1) is 32.3. The zero-order valence-corrected chi connectivity index (χ0v) is 23.6. The number of allylic oxidation sites excluding steroid dienone is 9. The average Bonchev–Trinajstić information content (AvgIpc) is 2.82. The van der Waals surface area contributed by atoms with Crippen molar-refractivity contribution in [2.45, 2.75) is 88.0 Å². The number of hydrogen-bond acceptors (Lipinski definition) is 0. The Morgan fingerprint density at radius 1 is 1.09 bits per heavy atom. The molecular formula is C31H49P. The Morgan fingerprint density at radius 3 is 2.19 bits per heavy atom. The summed E-state index contributed by atoms with van der Waals surface area (Å²) in [6.07, 6.45) is 15.4. The van der Waals surface area contributed by atoms with Gasteiger partial charge in [-0.15, -0.1) is 9.24 Å². The van der Waals surface area contributed by atoms with Gasteiger partial charge in [-0.2, -0.15) is 0 Å². The topological polar surface area (TPSA) is 0 Å². The molecule has 0 bridgehead atoms. The van der Waals surface area contributed by atoms with Gasteiger partial charge in [0.05, 0.1) is 0 Å². The largest absolute Gasteiger partial charge is 0.110 e. The summed E-state index contributed by atoms with van der Waals surface area (Å²) in [5, 5.41) is 3.83. The fourth-order valence-electron chi connectivity index (χ4n) is 3.00. The fourth-order valence-corrected chi connectivity index (χ4v) is 3.35. The monoisotopic (exact) mass is 452 g/mol. The molecule has 1 atom stereocenters. The molecule has 1 unspecified atom stereocenters. The summed E-state index contributed by atoms with van der Waals surface area (Å²) in [5.41, 5.74) is 6.43. The van der Waals surface area contributed by atoms with E-state index in [1.807, 2.05) is 41.5 Å². The van der Waals surface area contributed by atoms with E-state index in [1.54, 1.807) is 0 Å². The van der Waals surface area contributed by atoms with Crippen LogP contribution in [0, 0.1) is 0 Å². The summed E-state index contributed by atoms with van der Waals surface area (Å²) in [6, 6.07) is 6.60. The zero-order valence-electron chi connectivity index (χ0n) is 22.4. The molecule has 0 radical (unpaired) electrons. The van der Waals surface area contributed by atoms with Crippen LogP contribution in [0.5, 0.6) is 0 Å². The molecule has 0 fully saturated rings. The maximum atomic E-state index is 4.13. The molecule has 1 aliphatic carbocycles. The van der Waals surface area contributed by atoms with Crippen molar-refractivity contribution in [1.29, 1.82) is 0 Å². The van der Waals surface area contributed by atoms with E-state index in [0.717, 1.165) is 36.5 Å². The highest BCUT2D eigenvalue weighted by molar-refractivity contribution is 7.22. The normalized spacial score (nSPS) is 13.9. The maximum absolute atomic E-state index is 4.13. The molecule has 0 N–H and O–H groups in total. The van der Waals surface area contributed by atoms with Crippen LogP contribution >= 0.6 is 9.24 Å². The molecule has 0 saturated heterocycles. The van der Waals surface area contributed by atoms with E-state index >= 15 is 0 Å². The first-order valence-corrected chi connectivity index (χ1v) is 12.9. The lowest BCUT2D eigenvalue weighted by atomic mass is 9.97. The van der Waals surface area contributed by atoms with E-state index in [4.69, 9.17) is 0 Å². The van der Waals surface area contributed by atoms with Gasteiger partial charge in [0.15, 0.2) is 0 Å². The van der Waals surface area contributed by atoms with Gasteiger partial charge in [0.1, 0.15) is 0 Å². The summed E-state index contributed by atoms with van der Waals surface area (Å²) in [4.78, 5) is 0. The Labute approximate surface area is 202 Å². The van der Waals surface area contributed by atoms with Crippen LogP contribution in [0.3, 0.4) is 0 Å². The molecule has 1 aromatic rings. The summed E-state index contributed by atoms with van der Waals surface area (Å²) < 4.78 is 0. The minimum atomic E-state index is 1.08. The second kappa shape index (κ2) is 19.8. The van der Waals surface area contributed by atoms with Crippen LogP contribution in [0.4, 0.5) is 0 Å². The lowest BCUT2D eigenvalue weighted by Crippen LogP contribution is -2.25. The predicted molar refractivity (Wildman–Crippen MR) is 156 cm³/mol. The van der Waals surface area contributed by atoms with E-state index in [-0.39, 0.29) is 0 Å². The maximum Gasteiger partial charge on any atom is -0.0181 e. The lowest BCUT2D eigenvalue weighted by Gasteiger charge is -2.11. The van der Waals surface area contributed by atoms with E-state index in [0.29, 0.717) is 0 Å². The van der Waals surface area contributed by atoms with E-state index in [9.17, 15) is 0 Å². The quantitative estimate of drug-likeness (QED) is 0.308. The number of benzene rings is 1. The molecule has 0 spiro atoms. The Morgan fingerprint density at radius 2 is 1.72 bits per heavy atom. The summed E-state index contributed by atoms with van der Waals surface area (Å²) >= 11 is 0. The van der Waals surface area contributed by atoms with Gasteiger partial charge in [0.25, 0.3) is 0 Å². The molecule has 32 heavy (non-hydrogen) atoms. The molecule has 0 saturated carbocycles. The van der Waals surface area contributed by atoms with Crippen LogP contribution in [-0.4, -0.2) is 0 Å². The van der Waals surface area contributed by atoms with Gasteiger partial charge in [0, 0.05) is 0 Å². The highest BCUT2D eigenvalue weighted by Gasteiger charge is 2.05. The smallest absolute Gasteiger partial charge is 0.0181 e. The van der Waals surface area contributed by atoms with Crippen molar-refractivity contribution in [1.82, 2.24) is 0 Å². The molecule has 0 aliphatic heterocycles. The molecule has 1 heteroatoms. The van der Waals surface area contributed by atoms with Crippen molar-refractivity contribution in [3.63, 3.8) is 0 Å². The molecule has 1 aromatic carbocycles. The first-order chi connectivity index (χ1) is 15.3. The number of hydrogen-bond donors (Lipinski definition) is 0. The highest BCUT2D eigenvalue weighted by atomic mass is 31.0. The fraction of sp³-hybridized carbons (Fsp3) is 0.419. The van der Waals surface area contributed by atoms with Crippen molar-refractivity contribution in [3.8, 4) is 0 Å². The third-order valence-electron chi connectivity index (χ3n) is 4.91. The third-order valence-corrected chi connectivity index (χ3v) is 5.36. The highest BCUT2D eigenvalue weighted by Crippen LogP contribution is 2.27. The van der Waals surface area contributed by atoms with Gasteiger partial charge in [0.2, 0.25) is 0 Å². The zero-order chi connectivity index (χ0) is 25.1. The minimum absolute atomic E-state index is 1.08. The Kier molecular flexibility index (Phi) is 19.9. The van der Waals surface area contributed by atoms with E-state index in [2.05, 4.69) is 91.7 Å². The van der Waals surface area contributed by atoms with Gasteiger partial charge in [-0.1, -0.05) is 114 Å². The SMILES string of the molecule is C=C(C)C(/C=C\CC)=C/C.C=c1ccc(C2=CCCC(P)=C2)c/c1=C(/C)CC.CC.CC. The van der Waals surface area contributed by atoms with Gasteiger partial charge in [-0.05, 0) is 79.7 Å². The van der Waals surface area contributed by atoms with Crippen LogP contribution in [-0.2, 0) is 0 Å².